The van der Waals surface area contributed by atoms with Crippen molar-refractivity contribution in [3.05, 3.63) is 80.7 Å². The van der Waals surface area contributed by atoms with Crippen molar-refractivity contribution in [3.8, 4) is 0 Å². The van der Waals surface area contributed by atoms with E-state index in [1.54, 1.807) is 4.90 Å². The predicted molar refractivity (Wildman–Crippen MR) is 119 cm³/mol. The molecule has 1 aromatic heterocycles. The Bertz CT molecular complexity index is 1200. The van der Waals surface area contributed by atoms with Crippen molar-refractivity contribution in [1.82, 2.24) is 9.80 Å². The number of hydrogen-bond donors (Lipinski definition) is 0. The summed E-state index contributed by atoms with van der Waals surface area (Å²) in [6.07, 6.45) is 0. The molecule has 0 saturated carbocycles. The van der Waals surface area contributed by atoms with Gasteiger partial charge in [-0.15, -0.1) is 0 Å². The molecule has 3 aromatic rings. The molecule has 3 heterocycles. The highest BCUT2D eigenvalue weighted by Gasteiger charge is 2.42. The van der Waals surface area contributed by atoms with Crippen LogP contribution in [0.4, 0.5) is 0 Å². The Morgan fingerprint density at radius 3 is 2.42 bits per heavy atom. The lowest BCUT2D eigenvalue weighted by atomic mass is 9.97. The quantitative estimate of drug-likeness (QED) is 0.651. The molecule has 6 nitrogen and oxygen atoms in total. The van der Waals surface area contributed by atoms with Gasteiger partial charge in [-0.2, -0.15) is 0 Å². The third-order valence-electron chi connectivity index (χ3n) is 6.46. The number of carbonyl (C=O) groups is 1. The van der Waals surface area contributed by atoms with Crippen LogP contribution in [-0.4, -0.2) is 55.1 Å². The maximum atomic E-state index is 13.6. The highest BCUT2D eigenvalue weighted by atomic mass is 16.5. The van der Waals surface area contributed by atoms with Gasteiger partial charge in [0.05, 0.1) is 30.2 Å². The molecular weight excluding hydrogens is 392 g/mol. The lowest BCUT2D eigenvalue weighted by Gasteiger charge is -2.31. The van der Waals surface area contributed by atoms with E-state index in [2.05, 4.69) is 4.90 Å². The smallest absolute Gasteiger partial charge is 0.290 e. The molecule has 2 aliphatic heterocycles. The molecule has 1 amide bonds. The van der Waals surface area contributed by atoms with E-state index in [9.17, 15) is 9.59 Å². The molecule has 2 aliphatic rings. The summed E-state index contributed by atoms with van der Waals surface area (Å²) in [5, 5.41) is 0.533. The van der Waals surface area contributed by atoms with E-state index >= 15 is 0 Å². The van der Waals surface area contributed by atoms with Crippen LogP contribution in [0.3, 0.4) is 0 Å². The molecule has 1 unspecified atom stereocenters. The zero-order chi connectivity index (χ0) is 21.5. The monoisotopic (exact) mass is 418 g/mol. The molecule has 6 heteroatoms. The normalized spacial score (nSPS) is 19.2. The number of aryl methyl sites for hydroxylation is 2. The number of rotatable bonds is 4. The van der Waals surface area contributed by atoms with Crippen LogP contribution in [-0.2, 0) is 4.74 Å². The van der Waals surface area contributed by atoms with Crippen LogP contribution in [0.2, 0.25) is 0 Å². The van der Waals surface area contributed by atoms with Gasteiger partial charge in [0.2, 0.25) is 5.76 Å². The van der Waals surface area contributed by atoms with E-state index < -0.39 is 6.04 Å². The Hall–Kier alpha value is -2.96. The number of morpholine rings is 1. The van der Waals surface area contributed by atoms with Gasteiger partial charge in [-0.3, -0.25) is 14.5 Å². The van der Waals surface area contributed by atoms with E-state index in [4.69, 9.17) is 9.15 Å². The summed E-state index contributed by atoms with van der Waals surface area (Å²) in [7, 11) is 0. The Morgan fingerprint density at radius 1 is 0.968 bits per heavy atom. The van der Waals surface area contributed by atoms with Crippen LogP contribution >= 0.6 is 0 Å². The average Bonchev–Trinajstić information content (AvgIpc) is 3.07. The first-order valence-electron chi connectivity index (χ1n) is 10.8. The van der Waals surface area contributed by atoms with Gasteiger partial charge >= 0.3 is 0 Å². The molecule has 0 bridgehead atoms. The lowest BCUT2D eigenvalue weighted by molar-refractivity contribution is 0.0314. The van der Waals surface area contributed by atoms with Gasteiger partial charge < -0.3 is 14.1 Å². The van der Waals surface area contributed by atoms with E-state index in [0.29, 0.717) is 36.3 Å². The molecule has 2 aromatic carbocycles. The van der Waals surface area contributed by atoms with Crippen LogP contribution in [0.5, 0.6) is 0 Å². The molecule has 0 spiro atoms. The second-order valence-electron chi connectivity index (χ2n) is 8.37. The van der Waals surface area contributed by atoms with Crippen LogP contribution in [0.25, 0.3) is 11.0 Å². The summed E-state index contributed by atoms with van der Waals surface area (Å²) in [5.74, 6) is -0.0362. The number of benzene rings is 2. The van der Waals surface area contributed by atoms with Crippen molar-refractivity contribution in [2.24, 2.45) is 0 Å². The van der Waals surface area contributed by atoms with E-state index in [-0.39, 0.29) is 17.1 Å². The average molecular weight is 418 g/mol. The van der Waals surface area contributed by atoms with Crippen molar-refractivity contribution < 1.29 is 13.9 Å². The first-order chi connectivity index (χ1) is 15.0. The van der Waals surface area contributed by atoms with Gasteiger partial charge in [-0.25, -0.2) is 0 Å². The zero-order valence-electron chi connectivity index (χ0n) is 17.9. The highest BCUT2D eigenvalue weighted by molar-refractivity contribution is 5.99. The second-order valence-corrected chi connectivity index (χ2v) is 8.37. The third kappa shape index (κ3) is 3.46. The second kappa shape index (κ2) is 7.94. The molecule has 31 heavy (non-hydrogen) atoms. The van der Waals surface area contributed by atoms with Crippen LogP contribution < -0.4 is 5.43 Å². The van der Waals surface area contributed by atoms with Crippen LogP contribution in [0.15, 0.2) is 51.7 Å². The minimum atomic E-state index is -0.438. The fourth-order valence-corrected chi connectivity index (χ4v) is 4.56. The van der Waals surface area contributed by atoms with Gasteiger partial charge in [-0.05, 0) is 42.7 Å². The molecule has 0 radical (unpaired) electrons. The summed E-state index contributed by atoms with van der Waals surface area (Å²) < 4.78 is 11.5. The van der Waals surface area contributed by atoms with E-state index in [1.807, 2.05) is 56.3 Å². The van der Waals surface area contributed by atoms with E-state index in [1.165, 1.54) is 0 Å². The number of nitrogens with zero attached hydrogens (tertiary/aromatic N) is 2. The van der Waals surface area contributed by atoms with Crippen LogP contribution in [0, 0.1) is 13.8 Å². The number of hydrogen-bond acceptors (Lipinski definition) is 5. The van der Waals surface area contributed by atoms with Crippen molar-refractivity contribution in [1.29, 1.82) is 0 Å². The number of amides is 1. The van der Waals surface area contributed by atoms with Crippen molar-refractivity contribution >= 4 is 16.9 Å². The number of fused-ring (bicyclic) bond motifs is 2. The van der Waals surface area contributed by atoms with Gasteiger partial charge in [0, 0.05) is 26.2 Å². The summed E-state index contributed by atoms with van der Waals surface area (Å²) in [6, 6.07) is 13.0. The molecule has 0 N–H and O–H groups in total. The number of carbonyl (C=O) groups excluding carboxylic acids is 1. The molecule has 1 atom stereocenters. The Kier molecular flexibility index (Phi) is 5.12. The molecule has 0 aliphatic carbocycles. The lowest BCUT2D eigenvalue weighted by Crippen LogP contribution is -2.42. The maximum Gasteiger partial charge on any atom is 0.290 e. The van der Waals surface area contributed by atoms with Crippen molar-refractivity contribution in [2.45, 2.75) is 19.9 Å². The maximum absolute atomic E-state index is 13.6. The predicted octanol–water partition coefficient (Wildman–Crippen LogP) is 3.29. The van der Waals surface area contributed by atoms with Crippen molar-refractivity contribution in [3.63, 3.8) is 0 Å². The van der Waals surface area contributed by atoms with Gasteiger partial charge in [0.1, 0.15) is 5.58 Å². The zero-order valence-corrected chi connectivity index (χ0v) is 17.9. The molecule has 5 rings (SSSR count). The Morgan fingerprint density at radius 2 is 1.68 bits per heavy atom. The molecule has 1 saturated heterocycles. The first kappa shape index (κ1) is 20.0. The summed E-state index contributed by atoms with van der Waals surface area (Å²) >= 11 is 0. The third-order valence-corrected chi connectivity index (χ3v) is 6.46. The summed E-state index contributed by atoms with van der Waals surface area (Å²) in [6.45, 7) is 8.34. The van der Waals surface area contributed by atoms with E-state index in [0.717, 1.165) is 36.3 Å². The Labute approximate surface area is 181 Å². The topological polar surface area (TPSA) is 63.0 Å². The Balaban J connectivity index is 1.61. The van der Waals surface area contributed by atoms with Gasteiger partial charge in [-0.1, -0.05) is 30.3 Å². The molecule has 160 valence electrons. The largest absolute Gasteiger partial charge is 0.450 e. The highest BCUT2D eigenvalue weighted by Crippen LogP contribution is 2.38. The summed E-state index contributed by atoms with van der Waals surface area (Å²) in [4.78, 5) is 31.1. The SMILES string of the molecule is Cc1cc2oc3c(c(=O)c2cc1C)C(c1ccccc1)N(CCN1CCOCC1)C3=O. The molecular formula is C25H26N2O4. The number of ether oxygens (including phenoxy) is 1. The van der Waals surface area contributed by atoms with Crippen LogP contribution in [0.1, 0.15) is 38.9 Å². The van der Waals surface area contributed by atoms with Crippen molar-refractivity contribution in [2.75, 3.05) is 39.4 Å². The minimum absolute atomic E-state index is 0.115. The van der Waals surface area contributed by atoms with Gasteiger partial charge in [0.25, 0.3) is 5.91 Å². The fourth-order valence-electron chi connectivity index (χ4n) is 4.56. The summed E-state index contributed by atoms with van der Waals surface area (Å²) in [5.41, 5.74) is 3.80. The fraction of sp³-hybridized carbons (Fsp3) is 0.360. The first-order valence-corrected chi connectivity index (χ1v) is 10.8. The van der Waals surface area contributed by atoms with Gasteiger partial charge in [0.15, 0.2) is 5.43 Å². The minimum Gasteiger partial charge on any atom is -0.450 e. The standard InChI is InChI=1S/C25H26N2O4/c1-16-14-19-20(15-17(16)2)31-24-21(23(19)28)22(18-6-4-3-5-7-18)27(25(24)29)9-8-26-10-12-30-13-11-26/h3-7,14-15,22H,8-13H2,1-2H3. The molecule has 1 fully saturated rings.